The molecule has 0 bridgehead atoms. The molecule has 8 nitrogen and oxygen atoms in total. The lowest BCUT2D eigenvalue weighted by molar-refractivity contribution is -0.384. The minimum absolute atomic E-state index is 0.0965. The Morgan fingerprint density at radius 2 is 1.76 bits per heavy atom. The van der Waals surface area contributed by atoms with Crippen LogP contribution < -0.4 is 4.90 Å². The molecule has 2 aromatic rings. The van der Waals surface area contributed by atoms with Crippen LogP contribution in [0.4, 0.5) is 11.4 Å². The van der Waals surface area contributed by atoms with E-state index in [-0.39, 0.29) is 16.0 Å². The van der Waals surface area contributed by atoms with Crippen molar-refractivity contribution in [2.75, 3.05) is 38.3 Å². The van der Waals surface area contributed by atoms with Crippen molar-refractivity contribution in [2.45, 2.75) is 32.1 Å². The lowest BCUT2D eigenvalue weighted by Crippen LogP contribution is -2.36. The van der Waals surface area contributed by atoms with Crippen LogP contribution in [-0.2, 0) is 10.2 Å². The lowest BCUT2D eigenvalue weighted by Gasteiger charge is -2.31. The third kappa shape index (κ3) is 5.04. The predicted molar refractivity (Wildman–Crippen MR) is 153 cm³/mol. The summed E-state index contributed by atoms with van der Waals surface area (Å²) < 4.78 is 5.58. The Bertz CT molecular complexity index is 1360. The van der Waals surface area contributed by atoms with Crippen LogP contribution >= 0.6 is 0 Å². The van der Waals surface area contributed by atoms with E-state index in [0.717, 1.165) is 37.1 Å². The number of para-hydroxylation sites is 1. The van der Waals surface area contributed by atoms with E-state index in [1.165, 1.54) is 28.2 Å². The fourth-order valence-electron chi connectivity index (χ4n) is 5.61. The van der Waals surface area contributed by atoms with E-state index in [1.54, 1.807) is 30.5 Å². The van der Waals surface area contributed by atoms with Gasteiger partial charge in [0.15, 0.2) is 0 Å². The Morgan fingerprint density at radius 1 is 1.03 bits per heavy atom. The van der Waals surface area contributed by atoms with Gasteiger partial charge >= 0.3 is 0 Å². The molecule has 1 saturated heterocycles. The topological polar surface area (TPSA) is 83.6 Å². The van der Waals surface area contributed by atoms with E-state index in [0.29, 0.717) is 13.2 Å². The smallest absolute Gasteiger partial charge is 0.269 e. The molecule has 3 aliphatic rings. The molecule has 196 valence electrons. The van der Waals surface area contributed by atoms with Crippen molar-refractivity contribution in [3.63, 3.8) is 0 Å². The number of hydrogen-bond acceptors (Lipinski definition) is 7. The highest BCUT2D eigenvalue weighted by Gasteiger charge is 2.37. The van der Waals surface area contributed by atoms with Gasteiger partial charge < -0.3 is 14.5 Å². The van der Waals surface area contributed by atoms with Crippen LogP contribution in [0.15, 0.2) is 87.4 Å². The number of non-ortho nitro benzene ring substituents is 1. The molecule has 1 aliphatic carbocycles. The van der Waals surface area contributed by atoms with Gasteiger partial charge in [0, 0.05) is 54.8 Å². The van der Waals surface area contributed by atoms with Crippen LogP contribution in [0.1, 0.15) is 37.8 Å². The Balaban J connectivity index is 1.38. The third-order valence-electron chi connectivity index (χ3n) is 7.56. The fraction of sp³-hybridized carbons (Fsp3) is 0.333. The van der Waals surface area contributed by atoms with Gasteiger partial charge in [-0.05, 0) is 65.5 Å². The Morgan fingerprint density at radius 3 is 2.47 bits per heavy atom. The van der Waals surface area contributed by atoms with Crippen LogP contribution in [0, 0.1) is 10.1 Å². The molecule has 0 radical (unpaired) electrons. The van der Waals surface area contributed by atoms with Gasteiger partial charge in [0.25, 0.3) is 5.69 Å². The summed E-state index contributed by atoms with van der Waals surface area (Å²) in [6, 6.07) is 15.2. The van der Waals surface area contributed by atoms with Crippen molar-refractivity contribution in [3.8, 4) is 0 Å². The molecule has 0 amide bonds. The molecule has 1 fully saturated rings. The van der Waals surface area contributed by atoms with E-state index in [2.05, 4.69) is 71.2 Å². The maximum Gasteiger partial charge on any atom is 0.269 e. The molecule has 2 heterocycles. The van der Waals surface area contributed by atoms with Crippen LogP contribution in [0.5, 0.6) is 0 Å². The number of morpholine rings is 1. The molecule has 0 saturated carbocycles. The highest BCUT2D eigenvalue weighted by atomic mass is 16.6. The van der Waals surface area contributed by atoms with Gasteiger partial charge in [-0.1, -0.05) is 32.0 Å². The van der Waals surface area contributed by atoms with E-state index >= 15 is 0 Å². The van der Waals surface area contributed by atoms with Crippen molar-refractivity contribution in [1.82, 2.24) is 4.90 Å². The summed E-state index contributed by atoms with van der Waals surface area (Å²) in [6.45, 7) is 7.49. The Hall–Kier alpha value is -4.04. The number of hydrogen-bond donors (Lipinski definition) is 0. The highest BCUT2D eigenvalue weighted by Crippen LogP contribution is 2.46. The Labute approximate surface area is 223 Å². The number of likely N-dealkylation sites (N-methyl/N-ethyl adjacent to an activating group) is 1. The largest absolute Gasteiger partial charge is 0.378 e. The van der Waals surface area contributed by atoms with E-state index < -0.39 is 0 Å². The zero-order chi connectivity index (χ0) is 26.7. The monoisotopic (exact) mass is 511 g/mol. The van der Waals surface area contributed by atoms with Crippen molar-refractivity contribution in [3.05, 3.63) is 98.4 Å². The maximum absolute atomic E-state index is 11.0. The van der Waals surface area contributed by atoms with Gasteiger partial charge in [0.2, 0.25) is 0 Å². The first-order valence-electron chi connectivity index (χ1n) is 13.0. The third-order valence-corrected chi connectivity index (χ3v) is 7.56. The number of allylic oxidation sites excluding steroid dienone is 4. The average molecular weight is 512 g/mol. The maximum atomic E-state index is 11.0. The summed E-state index contributed by atoms with van der Waals surface area (Å²) in [6.07, 6.45) is 9.57. The predicted octanol–water partition coefficient (Wildman–Crippen LogP) is 5.73. The number of benzene rings is 2. The molecule has 0 aromatic heterocycles. The molecule has 0 unspecified atom stereocenters. The quantitative estimate of drug-likeness (QED) is 0.281. The van der Waals surface area contributed by atoms with E-state index in [4.69, 9.17) is 4.74 Å². The fourth-order valence-corrected chi connectivity index (χ4v) is 5.61. The number of nitrogens with zero attached hydrogens (tertiary/aromatic N) is 5. The summed E-state index contributed by atoms with van der Waals surface area (Å²) in [7, 11) is 2.09. The van der Waals surface area contributed by atoms with Crippen LogP contribution in [0.25, 0.3) is 6.08 Å². The van der Waals surface area contributed by atoms with Gasteiger partial charge in [0.05, 0.1) is 30.6 Å². The van der Waals surface area contributed by atoms with Gasteiger partial charge in [-0.25, -0.2) is 0 Å². The average Bonchev–Trinajstić information content (AvgIpc) is 3.40. The number of anilines is 1. The first-order valence-corrected chi connectivity index (χ1v) is 13.0. The molecule has 2 aromatic carbocycles. The molecule has 8 heteroatoms. The number of nitro groups is 1. The number of nitro benzene ring substituents is 1. The second-order valence-electron chi connectivity index (χ2n) is 10.3. The summed E-state index contributed by atoms with van der Waals surface area (Å²) in [5.41, 5.74) is 8.19. The first kappa shape index (κ1) is 25.6. The molecule has 0 spiro atoms. The summed E-state index contributed by atoms with van der Waals surface area (Å²) in [5, 5.41) is 19.8. The molecule has 38 heavy (non-hydrogen) atoms. The Kier molecular flexibility index (Phi) is 7.24. The van der Waals surface area contributed by atoms with Crippen molar-refractivity contribution >= 4 is 29.9 Å². The van der Waals surface area contributed by atoms with Crippen LogP contribution in [0.3, 0.4) is 0 Å². The standard InChI is InChI=1S/C30H33N5O3/c1-30(2)26-6-4-5-7-27(26)33(3)28(30)14-15-31-32-21-24-11-10-23(29(24)34-16-18-38-19-17-34)20-22-8-12-25(13-9-22)35(36)37/h4-9,12-15,20-21H,10-11,16-19H2,1-3H3/b23-20+,28-14+,31-15-,32-21-. The van der Waals surface area contributed by atoms with Gasteiger partial charge in [-0.15, -0.1) is 0 Å². The summed E-state index contributed by atoms with van der Waals surface area (Å²) >= 11 is 0. The second kappa shape index (κ2) is 10.8. The van der Waals surface area contributed by atoms with Gasteiger partial charge in [-0.3, -0.25) is 10.1 Å². The van der Waals surface area contributed by atoms with Gasteiger partial charge in [0.1, 0.15) is 0 Å². The van der Waals surface area contributed by atoms with Crippen LogP contribution in [0.2, 0.25) is 0 Å². The van der Waals surface area contributed by atoms with Gasteiger partial charge in [-0.2, -0.15) is 10.2 Å². The molecular weight excluding hydrogens is 478 g/mol. The number of rotatable bonds is 6. The van der Waals surface area contributed by atoms with Crippen LogP contribution in [-0.4, -0.2) is 55.6 Å². The number of ether oxygens (including phenoxy) is 1. The molecule has 2 aliphatic heterocycles. The lowest BCUT2D eigenvalue weighted by atomic mass is 9.84. The molecular formula is C30H33N5O3. The van der Waals surface area contributed by atoms with Crippen molar-refractivity contribution in [2.24, 2.45) is 10.2 Å². The highest BCUT2D eigenvalue weighted by molar-refractivity contribution is 5.85. The normalized spacial score (nSPS) is 21.4. The zero-order valence-electron chi connectivity index (χ0n) is 22.1. The minimum Gasteiger partial charge on any atom is -0.378 e. The molecule has 5 rings (SSSR count). The van der Waals surface area contributed by atoms with E-state index in [1.807, 2.05) is 12.3 Å². The summed E-state index contributed by atoms with van der Waals surface area (Å²) in [4.78, 5) is 15.2. The summed E-state index contributed by atoms with van der Waals surface area (Å²) in [5.74, 6) is 0. The molecule has 0 atom stereocenters. The van der Waals surface area contributed by atoms with Crippen molar-refractivity contribution in [1.29, 1.82) is 0 Å². The first-order chi connectivity index (χ1) is 18.4. The minimum atomic E-state index is -0.374. The second-order valence-corrected chi connectivity index (χ2v) is 10.3. The zero-order valence-corrected chi connectivity index (χ0v) is 22.1. The molecule has 0 N–H and O–H groups in total. The van der Waals surface area contributed by atoms with E-state index in [9.17, 15) is 10.1 Å². The SMILES string of the molecule is CN1/C(=C/C=N\N=C/C2=C(N3CCOCC3)C(=C/c3ccc([N+](=O)[O-])cc3)/CC2)C(C)(C)c2ccccc21. The number of fused-ring (bicyclic) bond motifs is 1. The van der Waals surface area contributed by atoms with Crippen molar-refractivity contribution < 1.29 is 9.66 Å².